The van der Waals surface area contributed by atoms with Crippen molar-refractivity contribution in [3.05, 3.63) is 23.8 Å². The molecule has 6 nitrogen and oxygen atoms in total. The summed E-state index contributed by atoms with van der Waals surface area (Å²) in [5.74, 6) is 1.36. The number of nitrogens with zero attached hydrogens (tertiary/aromatic N) is 1. The summed E-state index contributed by atoms with van der Waals surface area (Å²) in [4.78, 5) is 24.5. The number of nitrogens with two attached hydrogens (primary N) is 1. The van der Waals surface area contributed by atoms with Crippen molar-refractivity contribution >= 4 is 23.6 Å². The van der Waals surface area contributed by atoms with Crippen LogP contribution in [0.5, 0.6) is 11.5 Å². The van der Waals surface area contributed by atoms with Crippen molar-refractivity contribution in [2.45, 2.75) is 13.5 Å². The van der Waals surface area contributed by atoms with Gasteiger partial charge in [-0.05, 0) is 13.0 Å². The molecule has 0 saturated carbocycles. The highest BCUT2D eigenvalue weighted by molar-refractivity contribution is 8.00. The highest BCUT2D eigenvalue weighted by Crippen LogP contribution is 2.35. The number of primary amides is 1. The van der Waals surface area contributed by atoms with Crippen molar-refractivity contribution in [1.29, 1.82) is 0 Å². The Morgan fingerprint density at radius 1 is 1.33 bits per heavy atom. The third-order valence-corrected chi connectivity index (χ3v) is 3.98. The van der Waals surface area contributed by atoms with Gasteiger partial charge in [-0.1, -0.05) is 12.1 Å². The molecule has 1 aliphatic rings. The standard InChI is InChI=1S/C14H18N2O4S/c1-2-16(13(18)8-21-7-12(15)17)6-10-4-3-5-11-14(10)20-9-19-11/h3-5H,2,6-9H2,1H3,(H2,15,17). The first-order chi connectivity index (χ1) is 10.1. The van der Waals surface area contributed by atoms with Crippen LogP contribution in [0.4, 0.5) is 0 Å². The Kier molecular flexibility index (Phi) is 5.32. The van der Waals surface area contributed by atoms with E-state index < -0.39 is 5.91 Å². The monoisotopic (exact) mass is 310 g/mol. The minimum atomic E-state index is -0.415. The van der Waals surface area contributed by atoms with Gasteiger partial charge in [0.25, 0.3) is 0 Å². The zero-order chi connectivity index (χ0) is 15.2. The molecule has 0 saturated heterocycles. The van der Waals surface area contributed by atoms with Gasteiger partial charge in [-0.25, -0.2) is 0 Å². The molecule has 1 aliphatic heterocycles. The van der Waals surface area contributed by atoms with Crippen molar-refractivity contribution in [2.75, 3.05) is 24.8 Å². The van der Waals surface area contributed by atoms with Gasteiger partial charge in [0.2, 0.25) is 18.6 Å². The summed E-state index contributed by atoms with van der Waals surface area (Å²) in [5.41, 5.74) is 5.97. The average molecular weight is 310 g/mol. The first kappa shape index (κ1) is 15.5. The van der Waals surface area contributed by atoms with Gasteiger partial charge in [0.1, 0.15) is 0 Å². The van der Waals surface area contributed by atoms with Gasteiger partial charge in [-0.3, -0.25) is 9.59 Å². The molecule has 0 spiro atoms. The molecule has 114 valence electrons. The Labute approximate surface area is 127 Å². The Hall–Kier alpha value is -1.89. The highest BCUT2D eigenvalue weighted by Gasteiger charge is 2.20. The second-order valence-electron chi connectivity index (χ2n) is 4.52. The van der Waals surface area contributed by atoms with Gasteiger partial charge in [-0.15, -0.1) is 11.8 Å². The molecule has 0 atom stereocenters. The topological polar surface area (TPSA) is 81.9 Å². The maximum Gasteiger partial charge on any atom is 0.232 e. The normalized spacial score (nSPS) is 12.2. The van der Waals surface area contributed by atoms with E-state index in [0.29, 0.717) is 24.6 Å². The number of hydrogen-bond acceptors (Lipinski definition) is 5. The molecule has 2 rings (SSSR count). The summed E-state index contributed by atoms with van der Waals surface area (Å²) < 4.78 is 10.8. The number of para-hydroxylation sites is 1. The summed E-state index contributed by atoms with van der Waals surface area (Å²) in [6.45, 7) is 3.16. The molecular formula is C14H18N2O4S. The lowest BCUT2D eigenvalue weighted by Crippen LogP contribution is -2.32. The van der Waals surface area contributed by atoms with Crippen LogP contribution in [0.15, 0.2) is 18.2 Å². The molecule has 2 N–H and O–H groups in total. The van der Waals surface area contributed by atoms with Crippen LogP contribution in [-0.2, 0) is 16.1 Å². The Bertz CT molecular complexity index is 536. The zero-order valence-electron chi connectivity index (χ0n) is 11.8. The predicted octanol–water partition coefficient (Wildman–Crippen LogP) is 0.982. The number of rotatable bonds is 7. The van der Waals surface area contributed by atoms with Gasteiger partial charge in [0.15, 0.2) is 11.5 Å². The largest absolute Gasteiger partial charge is 0.454 e. The summed E-state index contributed by atoms with van der Waals surface area (Å²) in [7, 11) is 0. The first-order valence-electron chi connectivity index (χ1n) is 6.63. The van der Waals surface area contributed by atoms with Crippen LogP contribution in [0.1, 0.15) is 12.5 Å². The SMILES string of the molecule is CCN(Cc1cccc2c1OCO2)C(=O)CSCC(N)=O. The van der Waals surface area contributed by atoms with Crippen LogP contribution >= 0.6 is 11.8 Å². The molecule has 0 aliphatic carbocycles. The molecule has 21 heavy (non-hydrogen) atoms. The minimum Gasteiger partial charge on any atom is -0.454 e. The fourth-order valence-electron chi connectivity index (χ4n) is 2.03. The quantitative estimate of drug-likeness (QED) is 0.812. The van der Waals surface area contributed by atoms with E-state index in [1.807, 2.05) is 25.1 Å². The predicted molar refractivity (Wildman–Crippen MR) is 80.2 cm³/mol. The van der Waals surface area contributed by atoms with Crippen molar-refractivity contribution in [1.82, 2.24) is 4.90 Å². The molecule has 7 heteroatoms. The summed E-state index contributed by atoms with van der Waals surface area (Å²) in [6, 6.07) is 5.63. The van der Waals surface area contributed by atoms with Crippen LogP contribution in [0, 0.1) is 0 Å². The second kappa shape index (κ2) is 7.21. The molecule has 1 heterocycles. The average Bonchev–Trinajstić information content (AvgIpc) is 2.93. The zero-order valence-corrected chi connectivity index (χ0v) is 12.6. The highest BCUT2D eigenvalue weighted by atomic mass is 32.2. The number of carbonyl (C=O) groups is 2. The number of ether oxygens (including phenoxy) is 2. The maximum absolute atomic E-state index is 12.1. The number of hydrogen-bond donors (Lipinski definition) is 1. The summed E-state index contributed by atoms with van der Waals surface area (Å²) in [6.07, 6.45) is 0. The van der Waals surface area contributed by atoms with Gasteiger partial charge in [0, 0.05) is 18.7 Å². The molecule has 2 amide bonds. The Balaban J connectivity index is 1.97. The van der Waals surface area contributed by atoms with E-state index in [9.17, 15) is 9.59 Å². The van der Waals surface area contributed by atoms with E-state index in [2.05, 4.69) is 0 Å². The smallest absolute Gasteiger partial charge is 0.232 e. The van der Waals surface area contributed by atoms with E-state index >= 15 is 0 Å². The van der Waals surface area contributed by atoms with Gasteiger partial charge in [0.05, 0.1) is 11.5 Å². The number of benzene rings is 1. The second-order valence-corrected chi connectivity index (χ2v) is 5.50. The molecular weight excluding hydrogens is 292 g/mol. The number of fused-ring (bicyclic) bond motifs is 1. The first-order valence-corrected chi connectivity index (χ1v) is 7.78. The van der Waals surface area contributed by atoms with Crippen LogP contribution in [0.2, 0.25) is 0 Å². The van der Waals surface area contributed by atoms with Crippen molar-refractivity contribution in [2.24, 2.45) is 5.73 Å². The van der Waals surface area contributed by atoms with E-state index in [1.54, 1.807) is 4.90 Å². The molecule has 0 unspecified atom stereocenters. The molecule has 0 radical (unpaired) electrons. The van der Waals surface area contributed by atoms with E-state index in [4.69, 9.17) is 15.2 Å². The fourth-order valence-corrected chi connectivity index (χ4v) is 2.69. The van der Waals surface area contributed by atoms with Crippen LogP contribution < -0.4 is 15.2 Å². The van der Waals surface area contributed by atoms with Crippen molar-refractivity contribution < 1.29 is 19.1 Å². The summed E-state index contributed by atoms with van der Waals surface area (Å²) in [5, 5.41) is 0. The van der Waals surface area contributed by atoms with E-state index in [1.165, 1.54) is 11.8 Å². The Morgan fingerprint density at radius 3 is 2.86 bits per heavy atom. The summed E-state index contributed by atoms with van der Waals surface area (Å²) >= 11 is 1.23. The molecule has 0 aromatic heterocycles. The van der Waals surface area contributed by atoms with Crippen LogP contribution in [-0.4, -0.2) is 41.6 Å². The molecule has 1 aromatic rings. The van der Waals surface area contributed by atoms with Gasteiger partial charge in [-0.2, -0.15) is 0 Å². The molecule has 1 aromatic carbocycles. The maximum atomic E-state index is 12.1. The Morgan fingerprint density at radius 2 is 2.14 bits per heavy atom. The number of carbonyl (C=O) groups excluding carboxylic acids is 2. The van der Waals surface area contributed by atoms with Gasteiger partial charge < -0.3 is 20.1 Å². The minimum absolute atomic E-state index is 0.0275. The molecule has 0 bridgehead atoms. The third kappa shape index (κ3) is 4.04. The lowest BCUT2D eigenvalue weighted by molar-refractivity contribution is -0.128. The van der Waals surface area contributed by atoms with Gasteiger partial charge >= 0.3 is 0 Å². The van der Waals surface area contributed by atoms with E-state index in [0.717, 1.165) is 5.56 Å². The fraction of sp³-hybridized carbons (Fsp3) is 0.429. The van der Waals surface area contributed by atoms with Crippen LogP contribution in [0.25, 0.3) is 0 Å². The van der Waals surface area contributed by atoms with Crippen molar-refractivity contribution in [3.63, 3.8) is 0 Å². The number of thioether (sulfide) groups is 1. The van der Waals surface area contributed by atoms with Crippen LogP contribution in [0.3, 0.4) is 0 Å². The molecule has 0 fully saturated rings. The van der Waals surface area contributed by atoms with E-state index in [-0.39, 0.29) is 24.2 Å². The lowest BCUT2D eigenvalue weighted by atomic mass is 10.1. The number of amides is 2. The third-order valence-electron chi connectivity index (χ3n) is 3.04. The van der Waals surface area contributed by atoms with Crippen molar-refractivity contribution in [3.8, 4) is 11.5 Å². The lowest BCUT2D eigenvalue weighted by Gasteiger charge is -2.21.